The number of rotatable bonds is 6. The van der Waals surface area contributed by atoms with Gasteiger partial charge in [-0.15, -0.1) is 0 Å². The molecule has 0 saturated heterocycles. The fourth-order valence-electron chi connectivity index (χ4n) is 2.64. The molecule has 1 N–H and O–H groups in total. The first kappa shape index (κ1) is 19.8. The minimum absolute atomic E-state index is 0.0592. The van der Waals surface area contributed by atoms with Crippen LogP contribution in [0.25, 0.3) is 10.8 Å². The summed E-state index contributed by atoms with van der Waals surface area (Å²) < 4.78 is 25.1. The first-order valence-electron chi connectivity index (χ1n) is 8.21. The first-order chi connectivity index (χ1) is 13.3. The Morgan fingerprint density at radius 2 is 1.75 bits per heavy atom. The molecule has 0 aromatic heterocycles. The summed E-state index contributed by atoms with van der Waals surface area (Å²) in [6.07, 6.45) is -0.311. The number of halogens is 1. The van der Waals surface area contributed by atoms with Crippen LogP contribution in [0.4, 0.5) is 11.4 Å². The summed E-state index contributed by atoms with van der Waals surface area (Å²) in [7, 11) is -3.67. The second-order valence-corrected chi connectivity index (χ2v) is 8.56. The lowest BCUT2D eigenvalue weighted by Gasteiger charge is -2.08. The van der Waals surface area contributed by atoms with Crippen molar-refractivity contribution in [3.8, 4) is 0 Å². The highest BCUT2D eigenvalue weighted by Gasteiger charge is 2.18. The van der Waals surface area contributed by atoms with Crippen molar-refractivity contribution in [1.82, 2.24) is 0 Å². The van der Waals surface area contributed by atoms with Gasteiger partial charge in [0, 0.05) is 18.6 Å². The summed E-state index contributed by atoms with van der Waals surface area (Å²) in [5.74, 6) is -1.00. The zero-order valence-corrected chi connectivity index (χ0v) is 16.0. The number of fused-ring (bicyclic) bond motifs is 1. The number of nitrogens with zero attached hydrogens (tertiary/aromatic N) is 1. The molecular weight excluding hydrogens is 404 g/mol. The number of hydrogen-bond acceptors (Lipinski definition) is 5. The molecule has 0 aliphatic rings. The van der Waals surface area contributed by atoms with Gasteiger partial charge in [-0.3, -0.25) is 14.9 Å². The summed E-state index contributed by atoms with van der Waals surface area (Å²) in [4.78, 5) is 22.5. The number of hydrogen-bond donors (Lipinski definition) is 1. The van der Waals surface area contributed by atoms with Crippen LogP contribution < -0.4 is 5.32 Å². The van der Waals surface area contributed by atoms with E-state index < -0.39 is 26.4 Å². The molecule has 0 unspecified atom stereocenters. The van der Waals surface area contributed by atoms with E-state index in [9.17, 15) is 23.3 Å². The van der Waals surface area contributed by atoms with E-state index in [1.165, 1.54) is 18.2 Å². The molecule has 3 aromatic rings. The van der Waals surface area contributed by atoms with Crippen LogP contribution in [-0.4, -0.2) is 25.0 Å². The van der Waals surface area contributed by atoms with Crippen molar-refractivity contribution in [3.05, 3.63) is 75.8 Å². The SMILES string of the molecule is O=C(CCS(=O)(=O)c1ccc2ccccc2c1)Nc1cc([N+](=O)[O-])ccc1Cl. The number of non-ortho nitro benzene ring substituents is 1. The maximum absolute atomic E-state index is 12.5. The van der Waals surface area contributed by atoms with E-state index in [1.54, 1.807) is 12.1 Å². The van der Waals surface area contributed by atoms with Crippen LogP contribution in [-0.2, 0) is 14.6 Å². The quantitative estimate of drug-likeness (QED) is 0.476. The van der Waals surface area contributed by atoms with E-state index in [1.807, 2.05) is 24.3 Å². The third-order valence-electron chi connectivity index (χ3n) is 4.11. The fraction of sp³-hybridized carbons (Fsp3) is 0.105. The molecule has 0 heterocycles. The zero-order valence-electron chi connectivity index (χ0n) is 14.5. The van der Waals surface area contributed by atoms with Gasteiger partial charge in [-0.1, -0.05) is 41.9 Å². The zero-order chi connectivity index (χ0) is 20.3. The predicted octanol–water partition coefficient (Wildman–Crippen LogP) is 4.20. The number of nitro benzene ring substituents is 1. The van der Waals surface area contributed by atoms with E-state index in [0.29, 0.717) is 0 Å². The number of nitro groups is 1. The molecule has 0 bridgehead atoms. The molecule has 1 amide bonds. The Kier molecular flexibility index (Phi) is 5.62. The number of anilines is 1. The number of amides is 1. The van der Waals surface area contributed by atoms with Crippen LogP contribution in [0.5, 0.6) is 0 Å². The van der Waals surface area contributed by atoms with Gasteiger partial charge in [0.2, 0.25) is 5.91 Å². The molecule has 7 nitrogen and oxygen atoms in total. The fourth-order valence-corrected chi connectivity index (χ4v) is 4.08. The average Bonchev–Trinajstić information content (AvgIpc) is 2.67. The van der Waals surface area contributed by atoms with Crippen LogP contribution in [0.3, 0.4) is 0 Å². The van der Waals surface area contributed by atoms with Crippen molar-refractivity contribution < 1.29 is 18.1 Å². The van der Waals surface area contributed by atoms with Crippen molar-refractivity contribution in [2.75, 3.05) is 11.1 Å². The summed E-state index contributed by atoms with van der Waals surface area (Å²) in [5, 5.41) is 15.1. The third-order valence-corrected chi connectivity index (χ3v) is 6.16. The lowest BCUT2D eigenvalue weighted by Crippen LogP contribution is -2.17. The smallest absolute Gasteiger partial charge is 0.271 e. The van der Waals surface area contributed by atoms with Gasteiger partial charge >= 0.3 is 0 Å². The molecule has 3 aromatic carbocycles. The van der Waals surface area contributed by atoms with E-state index in [2.05, 4.69) is 5.32 Å². The number of sulfone groups is 1. The molecule has 0 radical (unpaired) electrons. The van der Waals surface area contributed by atoms with E-state index in [-0.39, 0.29) is 27.7 Å². The van der Waals surface area contributed by atoms with Crippen LogP contribution in [0, 0.1) is 10.1 Å². The molecule has 0 saturated carbocycles. The second-order valence-electron chi connectivity index (χ2n) is 6.05. The number of carbonyl (C=O) groups excluding carboxylic acids is 1. The van der Waals surface area contributed by atoms with Gasteiger partial charge in [0.25, 0.3) is 5.69 Å². The topological polar surface area (TPSA) is 106 Å². The van der Waals surface area contributed by atoms with Gasteiger partial charge in [0.1, 0.15) is 0 Å². The molecule has 3 rings (SSSR count). The monoisotopic (exact) mass is 418 g/mol. The highest BCUT2D eigenvalue weighted by atomic mass is 35.5. The van der Waals surface area contributed by atoms with Gasteiger partial charge in [-0.25, -0.2) is 8.42 Å². The third kappa shape index (κ3) is 4.47. The first-order valence-corrected chi connectivity index (χ1v) is 10.2. The molecule has 9 heteroatoms. The lowest BCUT2D eigenvalue weighted by molar-refractivity contribution is -0.384. The van der Waals surface area contributed by atoms with Gasteiger partial charge in [0.15, 0.2) is 9.84 Å². The molecule has 0 aliphatic carbocycles. The maximum Gasteiger partial charge on any atom is 0.271 e. The van der Waals surface area contributed by atoms with Crippen molar-refractivity contribution >= 4 is 49.5 Å². The Balaban J connectivity index is 1.71. The van der Waals surface area contributed by atoms with Crippen molar-refractivity contribution in [3.63, 3.8) is 0 Å². The van der Waals surface area contributed by atoms with E-state index >= 15 is 0 Å². The highest BCUT2D eigenvalue weighted by molar-refractivity contribution is 7.91. The van der Waals surface area contributed by atoms with Gasteiger partial charge in [-0.2, -0.15) is 0 Å². The van der Waals surface area contributed by atoms with Crippen LogP contribution in [0.15, 0.2) is 65.6 Å². The molecule has 0 spiro atoms. The standard InChI is InChI=1S/C19H15ClN2O5S/c20-17-8-6-15(22(24)25)12-18(17)21-19(23)9-10-28(26,27)16-7-5-13-3-1-2-4-14(13)11-16/h1-8,11-12H,9-10H2,(H,21,23). The molecule has 28 heavy (non-hydrogen) atoms. The van der Waals surface area contributed by atoms with E-state index in [4.69, 9.17) is 11.6 Å². The minimum Gasteiger partial charge on any atom is -0.325 e. The number of benzene rings is 3. The van der Waals surface area contributed by atoms with Crippen LogP contribution in [0.2, 0.25) is 5.02 Å². The molecule has 0 atom stereocenters. The summed E-state index contributed by atoms with van der Waals surface area (Å²) in [5.41, 5.74) is -0.174. The van der Waals surface area contributed by atoms with Crippen molar-refractivity contribution in [2.24, 2.45) is 0 Å². The van der Waals surface area contributed by atoms with Crippen molar-refractivity contribution in [1.29, 1.82) is 0 Å². The number of carbonyl (C=O) groups is 1. The predicted molar refractivity (Wildman–Crippen MR) is 107 cm³/mol. The molecule has 0 fully saturated rings. The Morgan fingerprint density at radius 1 is 1.04 bits per heavy atom. The lowest BCUT2D eigenvalue weighted by atomic mass is 10.1. The van der Waals surface area contributed by atoms with Crippen molar-refractivity contribution in [2.45, 2.75) is 11.3 Å². The normalized spacial score (nSPS) is 11.3. The second kappa shape index (κ2) is 7.95. The summed E-state index contributed by atoms with van der Waals surface area (Å²) >= 11 is 5.93. The summed E-state index contributed by atoms with van der Waals surface area (Å²) in [6, 6.07) is 15.8. The highest BCUT2D eigenvalue weighted by Crippen LogP contribution is 2.27. The Bertz CT molecular complexity index is 1180. The van der Waals surface area contributed by atoms with Crippen LogP contribution >= 0.6 is 11.6 Å². The van der Waals surface area contributed by atoms with Crippen LogP contribution in [0.1, 0.15) is 6.42 Å². The average molecular weight is 419 g/mol. The Morgan fingerprint density at radius 3 is 2.46 bits per heavy atom. The Labute approximate surface area is 166 Å². The van der Waals surface area contributed by atoms with Gasteiger partial charge in [-0.05, 0) is 29.0 Å². The maximum atomic E-state index is 12.5. The van der Waals surface area contributed by atoms with E-state index in [0.717, 1.165) is 16.8 Å². The summed E-state index contributed by atoms with van der Waals surface area (Å²) in [6.45, 7) is 0. The molecular formula is C19H15ClN2O5S. The number of nitrogens with one attached hydrogen (secondary N) is 1. The minimum atomic E-state index is -3.67. The van der Waals surface area contributed by atoms with Gasteiger partial charge in [0.05, 0.1) is 26.3 Å². The Hall–Kier alpha value is -2.97. The molecule has 0 aliphatic heterocycles. The largest absolute Gasteiger partial charge is 0.325 e. The molecule has 144 valence electrons. The van der Waals surface area contributed by atoms with Gasteiger partial charge < -0.3 is 5.32 Å².